The van der Waals surface area contributed by atoms with Gasteiger partial charge < -0.3 is 9.42 Å². The molecule has 20 heavy (non-hydrogen) atoms. The van der Waals surface area contributed by atoms with Gasteiger partial charge in [0.1, 0.15) is 5.76 Å². The highest BCUT2D eigenvalue weighted by molar-refractivity contribution is 5.88. The van der Waals surface area contributed by atoms with Crippen LogP contribution in [0.4, 0.5) is 10.6 Å². The summed E-state index contributed by atoms with van der Waals surface area (Å²) in [5.41, 5.74) is -0.109. The quantitative estimate of drug-likeness (QED) is 0.801. The highest BCUT2D eigenvalue weighted by atomic mass is 16.5. The van der Waals surface area contributed by atoms with Gasteiger partial charge in [0.2, 0.25) is 0 Å². The van der Waals surface area contributed by atoms with Crippen molar-refractivity contribution < 1.29 is 9.32 Å². The summed E-state index contributed by atoms with van der Waals surface area (Å²) in [4.78, 5) is 13.6. The number of aromatic nitrogens is 1. The summed E-state index contributed by atoms with van der Waals surface area (Å²) in [5, 5.41) is 6.64. The van der Waals surface area contributed by atoms with Crippen LogP contribution in [0.3, 0.4) is 0 Å². The van der Waals surface area contributed by atoms with Crippen LogP contribution < -0.4 is 5.32 Å². The van der Waals surface area contributed by atoms with Crippen LogP contribution >= 0.6 is 0 Å². The molecular weight excluding hydrogens is 254 g/mol. The molecule has 0 aliphatic carbocycles. The van der Waals surface area contributed by atoms with Gasteiger partial charge >= 0.3 is 6.03 Å². The van der Waals surface area contributed by atoms with E-state index in [0.29, 0.717) is 5.82 Å². The lowest BCUT2D eigenvalue weighted by Gasteiger charge is -2.16. The predicted molar refractivity (Wildman–Crippen MR) is 81.0 cm³/mol. The van der Waals surface area contributed by atoms with E-state index >= 15 is 0 Å². The minimum atomic E-state index is -0.143. The molecule has 0 aliphatic rings. The van der Waals surface area contributed by atoms with E-state index in [-0.39, 0.29) is 11.4 Å². The molecule has 114 valence electrons. The Labute approximate surface area is 121 Å². The second-order valence-corrected chi connectivity index (χ2v) is 6.24. The van der Waals surface area contributed by atoms with Gasteiger partial charge in [0, 0.05) is 25.1 Å². The Morgan fingerprint density at radius 3 is 2.60 bits per heavy atom. The second-order valence-electron chi connectivity index (χ2n) is 6.24. The molecule has 0 atom stereocenters. The number of carbonyl (C=O) groups is 1. The van der Waals surface area contributed by atoms with Crippen molar-refractivity contribution in [2.45, 2.75) is 58.8 Å². The van der Waals surface area contributed by atoms with Crippen LogP contribution in [0.25, 0.3) is 0 Å². The molecule has 5 heteroatoms. The zero-order valence-corrected chi connectivity index (χ0v) is 13.3. The van der Waals surface area contributed by atoms with Crippen LogP contribution in [-0.4, -0.2) is 29.7 Å². The van der Waals surface area contributed by atoms with E-state index in [1.807, 2.05) is 20.8 Å². The third-order valence-electron chi connectivity index (χ3n) is 3.18. The van der Waals surface area contributed by atoms with E-state index in [0.717, 1.165) is 25.1 Å². The molecule has 0 bridgehead atoms. The molecule has 1 rings (SSSR count). The summed E-state index contributed by atoms with van der Waals surface area (Å²) in [7, 11) is 1.80. The summed E-state index contributed by atoms with van der Waals surface area (Å²) in [6.45, 7) is 9.06. The first-order chi connectivity index (χ1) is 9.34. The van der Waals surface area contributed by atoms with Crippen LogP contribution in [0.15, 0.2) is 10.6 Å². The number of hydrogen-bond donors (Lipinski definition) is 1. The molecule has 1 aromatic rings. The van der Waals surface area contributed by atoms with E-state index in [9.17, 15) is 4.79 Å². The molecule has 1 aromatic heterocycles. The predicted octanol–water partition coefficient (Wildman–Crippen LogP) is 4.02. The number of nitrogens with one attached hydrogen (secondary N) is 1. The fourth-order valence-corrected chi connectivity index (χ4v) is 1.77. The number of rotatable bonds is 6. The summed E-state index contributed by atoms with van der Waals surface area (Å²) in [6.07, 6.45) is 4.61. The maximum Gasteiger partial charge on any atom is 0.322 e. The number of hydrogen-bond acceptors (Lipinski definition) is 3. The monoisotopic (exact) mass is 281 g/mol. The zero-order valence-electron chi connectivity index (χ0n) is 13.3. The van der Waals surface area contributed by atoms with Gasteiger partial charge in [-0.05, 0) is 6.42 Å². The summed E-state index contributed by atoms with van der Waals surface area (Å²) >= 11 is 0. The van der Waals surface area contributed by atoms with Crippen molar-refractivity contribution in [3.05, 3.63) is 11.8 Å². The molecule has 0 spiro atoms. The zero-order chi connectivity index (χ0) is 15.2. The number of amides is 2. The Bertz CT molecular complexity index is 421. The average Bonchev–Trinajstić information content (AvgIpc) is 2.82. The lowest BCUT2D eigenvalue weighted by Crippen LogP contribution is -2.32. The van der Waals surface area contributed by atoms with Crippen molar-refractivity contribution in [3.8, 4) is 0 Å². The minimum Gasteiger partial charge on any atom is -0.359 e. The van der Waals surface area contributed by atoms with Crippen LogP contribution in [-0.2, 0) is 5.41 Å². The van der Waals surface area contributed by atoms with Gasteiger partial charge in [-0.3, -0.25) is 5.32 Å². The van der Waals surface area contributed by atoms with Gasteiger partial charge in [-0.15, -0.1) is 0 Å². The van der Waals surface area contributed by atoms with Crippen LogP contribution in [0.2, 0.25) is 0 Å². The molecule has 0 radical (unpaired) electrons. The first kappa shape index (κ1) is 16.5. The van der Waals surface area contributed by atoms with Crippen LogP contribution in [0, 0.1) is 0 Å². The van der Waals surface area contributed by atoms with Crippen molar-refractivity contribution in [2.75, 3.05) is 18.9 Å². The van der Waals surface area contributed by atoms with E-state index in [2.05, 4.69) is 17.4 Å². The third-order valence-corrected chi connectivity index (χ3v) is 3.18. The van der Waals surface area contributed by atoms with Gasteiger partial charge in [0.05, 0.1) is 0 Å². The second kappa shape index (κ2) is 7.31. The van der Waals surface area contributed by atoms with Crippen molar-refractivity contribution in [3.63, 3.8) is 0 Å². The molecule has 0 fully saturated rings. The molecule has 0 saturated carbocycles. The van der Waals surface area contributed by atoms with Crippen LogP contribution in [0.1, 0.15) is 59.1 Å². The Morgan fingerprint density at radius 1 is 1.35 bits per heavy atom. The number of urea groups is 1. The lowest BCUT2D eigenvalue weighted by molar-refractivity contribution is 0.221. The average molecular weight is 281 g/mol. The lowest BCUT2D eigenvalue weighted by atomic mass is 9.93. The van der Waals surface area contributed by atoms with Crippen molar-refractivity contribution >= 4 is 11.8 Å². The Kier molecular flexibility index (Phi) is 6.05. The largest absolute Gasteiger partial charge is 0.359 e. The van der Waals surface area contributed by atoms with Gasteiger partial charge in [0.15, 0.2) is 5.82 Å². The third kappa shape index (κ3) is 5.23. The number of unbranched alkanes of at least 4 members (excludes halogenated alkanes) is 3. The van der Waals surface area contributed by atoms with Gasteiger partial charge in [0.25, 0.3) is 0 Å². The SMILES string of the molecule is CCCCCCN(C)C(=O)Nc1cc(C(C)(C)C)on1. The summed E-state index contributed by atoms with van der Waals surface area (Å²) < 4.78 is 5.24. The maximum atomic E-state index is 12.0. The standard InChI is InChI=1S/C15H27N3O2/c1-6-7-8-9-10-18(5)14(19)16-13-11-12(20-17-13)15(2,3)4/h11H,6-10H2,1-5H3,(H,16,17,19). The van der Waals surface area contributed by atoms with Crippen molar-refractivity contribution in [1.29, 1.82) is 0 Å². The van der Waals surface area contributed by atoms with E-state index in [1.54, 1.807) is 18.0 Å². The Balaban J connectivity index is 2.43. The van der Waals surface area contributed by atoms with Crippen LogP contribution in [0.5, 0.6) is 0 Å². The maximum absolute atomic E-state index is 12.0. The number of carbonyl (C=O) groups excluding carboxylic acids is 1. The normalized spacial score (nSPS) is 11.4. The Hall–Kier alpha value is -1.52. The summed E-state index contributed by atoms with van der Waals surface area (Å²) in [6, 6.07) is 1.64. The first-order valence-electron chi connectivity index (χ1n) is 7.34. The molecule has 0 unspecified atom stereocenters. The molecule has 0 aromatic carbocycles. The fourth-order valence-electron chi connectivity index (χ4n) is 1.77. The summed E-state index contributed by atoms with van der Waals surface area (Å²) in [5.74, 6) is 1.23. The van der Waals surface area contributed by atoms with E-state index in [1.165, 1.54) is 12.8 Å². The highest BCUT2D eigenvalue weighted by Crippen LogP contribution is 2.24. The first-order valence-corrected chi connectivity index (χ1v) is 7.34. The molecule has 0 saturated heterocycles. The molecule has 2 amide bonds. The van der Waals surface area contributed by atoms with E-state index < -0.39 is 0 Å². The minimum absolute atomic E-state index is 0.109. The highest BCUT2D eigenvalue weighted by Gasteiger charge is 2.20. The molecular formula is C15H27N3O2. The smallest absolute Gasteiger partial charge is 0.322 e. The van der Waals surface area contributed by atoms with Gasteiger partial charge in [-0.2, -0.15) is 0 Å². The van der Waals surface area contributed by atoms with Crippen molar-refractivity contribution in [2.24, 2.45) is 0 Å². The molecule has 1 heterocycles. The number of anilines is 1. The van der Waals surface area contributed by atoms with E-state index in [4.69, 9.17) is 4.52 Å². The van der Waals surface area contributed by atoms with Crippen molar-refractivity contribution in [1.82, 2.24) is 10.1 Å². The van der Waals surface area contributed by atoms with Gasteiger partial charge in [-0.25, -0.2) is 4.79 Å². The number of nitrogens with zero attached hydrogens (tertiary/aromatic N) is 2. The Morgan fingerprint density at radius 2 is 2.05 bits per heavy atom. The molecule has 1 N–H and O–H groups in total. The fraction of sp³-hybridized carbons (Fsp3) is 0.733. The molecule has 0 aliphatic heterocycles. The van der Waals surface area contributed by atoms with Gasteiger partial charge in [-0.1, -0.05) is 52.1 Å². The topological polar surface area (TPSA) is 58.4 Å². The molecule has 5 nitrogen and oxygen atoms in total.